The van der Waals surface area contributed by atoms with E-state index >= 15 is 0 Å². The zero-order valence-electron chi connectivity index (χ0n) is 22.5. The maximum atomic E-state index is 13.3. The van der Waals surface area contributed by atoms with E-state index in [2.05, 4.69) is 66.1 Å². The first kappa shape index (κ1) is 29.7. The highest BCUT2D eigenvalue weighted by molar-refractivity contribution is 7.11. The topological polar surface area (TPSA) is 111 Å². The van der Waals surface area contributed by atoms with Crippen LogP contribution in [0.1, 0.15) is 47.3 Å². The summed E-state index contributed by atoms with van der Waals surface area (Å²) in [5, 5.41) is 16.7. The highest BCUT2D eigenvalue weighted by Gasteiger charge is 2.46. The summed E-state index contributed by atoms with van der Waals surface area (Å²) in [6.45, 7) is 8.97. The standard InChI is InChI=1S/C26H31N3OS.C4H4O4/c1-4-24(30)29(23-13-9-6-10-14-23)26(25-27-20(2)21(3)31-25)15-17-28(18-16-26)19-22-11-7-5-8-12-22;5-3(6)1-2-4(7)8/h5-14H,4,15-19H2,1-3H3;1-2H,(H,5,6)(H,7,8). The molecule has 1 saturated heterocycles. The molecule has 1 fully saturated rings. The number of carbonyl (C=O) groups is 3. The number of hydrogen-bond acceptors (Lipinski definition) is 6. The van der Waals surface area contributed by atoms with Crippen molar-refractivity contribution in [2.24, 2.45) is 0 Å². The van der Waals surface area contributed by atoms with E-state index in [-0.39, 0.29) is 5.91 Å². The fourth-order valence-corrected chi connectivity index (χ4v) is 5.79. The van der Waals surface area contributed by atoms with Crippen LogP contribution in [0.4, 0.5) is 5.69 Å². The van der Waals surface area contributed by atoms with Crippen LogP contribution in [-0.4, -0.2) is 51.0 Å². The molecule has 3 aromatic rings. The number of amides is 1. The van der Waals surface area contributed by atoms with E-state index in [1.807, 2.05) is 25.1 Å². The van der Waals surface area contributed by atoms with Crippen LogP contribution in [-0.2, 0) is 26.5 Å². The second-order valence-electron chi connectivity index (χ2n) is 9.38. The van der Waals surface area contributed by atoms with Crippen molar-refractivity contribution in [3.63, 3.8) is 0 Å². The van der Waals surface area contributed by atoms with E-state index in [9.17, 15) is 14.4 Å². The van der Waals surface area contributed by atoms with Crippen molar-refractivity contribution in [2.45, 2.75) is 52.1 Å². The molecule has 8 nitrogen and oxygen atoms in total. The van der Waals surface area contributed by atoms with E-state index in [1.165, 1.54) is 10.4 Å². The molecule has 206 valence electrons. The molecule has 4 rings (SSSR count). The molecule has 1 amide bonds. The molecule has 0 bridgehead atoms. The summed E-state index contributed by atoms with van der Waals surface area (Å²) in [5.41, 5.74) is 2.98. The molecule has 39 heavy (non-hydrogen) atoms. The molecule has 1 aromatic heterocycles. The number of piperidine rings is 1. The lowest BCUT2D eigenvalue weighted by Crippen LogP contribution is -2.55. The third-order valence-electron chi connectivity index (χ3n) is 6.72. The SMILES string of the molecule is CCC(=O)N(c1ccccc1)C1(c2nc(C)c(C)s2)CCN(Cc2ccccc2)CC1.O=C(O)C=CC(=O)O. The Kier molecular flexibility index (Phi) is 10.5. The van der Waals surface area contributed by atoms with Gasteiger partial charge in [0.25, 0.3) is 0 Å². The minimum absolute atomic E-state index is 0.160. The Labute approximate surface area is 233 Å². The highest BCUT2D eigenvalue weighted by atomic mass is 32.1. The number of carbonyl (C=O) groups excluding carboxylic acids is 1. The average molecular weight is 550 g/mol. The number of thiazole rings is 1. The number of aryl methyl sites for hydroxylation is 2. The number of benzene rings is 2. The Hall–Kier alpha value is -3.82. The molecular weight excluding hydrogens is 514 g/mol. The Morgan fingerprint density at radius 1 is 0.949 bits per heavy atom. The zero-order valence-corrected chi connectivity index (χ0v) is 23.4. The normalized spacial score (nSPS) is 14.8. The van der Waals surface area contributed by atoms with Crippen LogP contribution in [0.15, 0.2) is 72.8 Å². The second-order valence-corrected chi connectivity index (χ2v) is 10.6. The van der Waals surface area contributed by atoms with Crippen molar-refractivity contribution >= 4 is 34.9 Å². The van der Waals surface area contributed by atoms with Crippen molar-refractivity contribution in [3.8, 4) is 0 Å². The van der Waals surface area contributed by atoms with E-state index in [0.717, 1.165) is 48.9 Å². The van der Waals surface area contributed by atoms with Crippen LogP contribution in [0.3, 0.4) is 0 Å². The third-order valence-corrected chi connectivity index (χ3v) is 7.99. The zero-order chi connectivity index (χ0) is 28.4. The van der Waals surface area contributed by atoms with E-state index < -0.39 is 17.5 Å². The molecule has 2 N–H and O–H groups in total. The first-order chi connectivity index (χ1) is 18.7. The molecule has 1 aliphatic rings. The summed E-state index contributed by atoms with van der Waals surface area (Å²) < 4.78 is 0. The second kappa shape index (κ2) is 13.8. The molecule has 9 heteroatoms. The number of para-hydroxylation sites is 1. The van der Waals surface area contributed by atoms with Crippen molar-refractivity contribution < 1.29 is 24.6 Å². The first-order valence-corrected chi connectivity index (χ1v) is 13.7. The molecule has 1 aliphatic heterocycles. The van der Waals surface area contributed by atoms with Crippen LogP contribution in [0.5, 0.6) is 0 Å². The lowest BCUT2D eigenvalue weighted by molar-refractivity contribution is -0.134. The number of hydrogen-bond donors (Lipinski definition) is 2. The summed E-state index contributed by atoms with van der Waals surface area (Å²) in [6.07, 6.45) is 3.36. The number of carboxylic acid groups (broad SMARTS) is 2. The Bertz CT molecular complexity index is 1250. The summed E-state index contributed by atoms with van der Waals surface area (Å²) in [5.74, 6) is -2.35. The summed E-state index contributed by atoms with van der Waals surface area (Å²) in [4.78, 5) is 43.2. The number of carboxylic acids is 2. The fraction of sp³-hybridized carbons (Fsp3) is 0.333. The molecule has 0 aliphatic carbocycles. The molecule has 0 atom stereocenters. The van der Waals surface area contributed by atoms with Gasteiger partial charge in [-0.15, -0.1) is 11.3 Å². The number of likely N-dealkylation sites (tertiary alicyclic amines) is 1. The number of aliphatic carboxylic acids is 2. The van der Waals surface area contributed by atoms with Crippen molar-refractivity contribution in [1.82, 2.24) is 9.88 Å². The van der Waals surface area contributed by atoms with E-state index in [0.29, 0.717) is 18.6 Å². The molecular formula is C30H35N3O5S. The molecule has 2 heterocycles. The molecule has 2 aromatic carbocycles. The quantitative estimate of drug-likeness (QED) is 0.362. The van der Waals surface area contributed by atoms with Crippen molar-refractivity contribution in [2.75, 3.05) is 18.0 Å². The van der Waals surface area contributed by atoms with Gasteiger partial charge in [0.2, 0.25) is 5.91 Å². The largest absolute Gasteiger partial charge is 0.478 e. The molecule has 0 radical (unpaired) electrons. The van der Waals surface area contributed by atoms with Gasteiger partial charge in [0.1, 0.15) is 10.5 Å². The molecule has 0 saturated carbocycles. The van der Waals surface area contributed by atoms with Crippen LogP contribution in [0, 0.1) is 13.8 Å². The number of aromatic nitrogens is 1. The lowest BCUT2D eigenvalue weighted by atomic mass is 9.84. The maximum absolute atomic E-state index is 13.3. The third kappa shape index (κ3) is 7.84. The van der Waals surface area contributed by atoms with Gasteiger partial charge in [0, 0.05) is 48.8 Å². The average Bonchev–Trinajstić information content (AvgIpc) is 3.28. The Morgan fingerprint density at radius 2 is 1.49 bits per heavy atom. The van der Waals surface area contributed by atoms with E-state index in [1.54, 1.807) is 11.3 Å². The predicted octanol–water partition coefficient (Wildman–Crippen LogP) is 5.41. The van der Waals surface area contributed by atoms with Crippen molar-refractivity contribution in [3.05, 3.63) is 94.0 Å². The monoisotopic (exact) mass is 549 g/mol. The smallest absolute Gasteiger partial charge is 0.328 e. The van der Waals surface area contributed by atoms with Gasteiger partial charge in [-0.25, -0.2) is 14.6 Å². The van der Waals surface area contributed by atoms with E-state index in [4.69, 9.17) is 15.2 Å². The summed E-state index contributed by atoms with van der Waals surface area (Å²) in [7, 11) is 0. The van der Waals surface area contributed by atoms with Gasteiger partial charge in [0.15, 0.2) is 0 Å². The van der Waals surface area contributed by atoms with Gasteiger partial charge >= 0.3 is 11.9 Å². The van der Waals surface area contributed by atoms with Gasteiger partial charge in [-0.05, 0) is 44.4 Å². The Balaban J connectivity index is 0.000000459. The summed E-state index contributed by atoms with van der Waals surface area (Å²) >= 11 is 1.75. The van der Waals surface area contributed by atoms with Crippen LogP contribution in [0.2, 0.25) is 0 Å². The maximum Gasteiger partial charge on any atom is 0.328 e. The van der Waals surface area contributed by atoms with Crippen LogP contribution in [0.25, 0.3) is 0 Å². The number of rotatable bonds is 8. The summed E-state index contributed by atoms with van der Waals surface area (Å²) in [6, 6.07) is 20.8. The predicted molar refractivity (Wildman–Crippen MR) is 153 cm³/mol. The molecule has 0 spiro atoms. The minimum Gasteiger partial charge on any atom is -0.478 e. The van der Waals surface area contributed by atoms with Gasteiger partial charge < -0.3 is 10.2 Å². The van der Waals surface area contributed by atoms with Gasteiger partial charge in [-0.1, -0.05) is 55.5 Å². The number of anilines is 1. The minimum atomic E-state index is -1.26. The van der Waals surface area contributed by atoms with Crippen molar-refractivity contribution in [1.29, 1.82) is 0 Å². The Morgan fingerprint density at radius 3 is 1.95 bits per heavy atom. The molecule has 0 unspecified atom stereocenters. The van der Waals surface area contributed by atoms with Crippen LogP contribution >= 0.6 is 11.3 Å². The van der Waals surface area contributed by atoms with Crippen LogP contribution < -0.4 is 4.90 Å². The van der Waals surface area contributed by atoms with Gasteiger partial charge in [0.05, 0.1) is 5.69 Å². The highest BCUT2D eigenvalue weighted by Crippen LogP contribution is 2.44. The first-order valence-electron chi connectivity index (χ1n) is 12.9. The fourth-order valence-electron chi connectivity index (χ4n) is 4.64. The van der Waals surface area contributed by atoms with Gasteiger partial charge in [-0.2, -0.15) is 0 Å². The lowest BCUT2D eigenvalue weighted by Gasteiger charge is -2.47. The van der Waals surface area contributed by atoms with Gasteiger partial charge in [-0.3, -0.25) is 14.6 Å². The number of nitrogens with zero attached hydrogens (tertiary/aromatic N) is 3.